The molecule has 20 heavy (non-hydrogen) atoms. The molecule has 4 heteroatoms. The highest BCUT2D eigenvalue weighted by Gasteiger charge is 2.31. The minimum Gasteiger partial charge on any atom is -0.384 e. The molecule has 110 valence electrons. The van der Waals surface area contributed by atoms with Crippen LogP contribution >= 0.6 is 0 Å². The number of nitrogen functional groups attached to an aromatic ring is 1. The highest BCUT2D eigenvalue weighted by atomic mass is 16.5. The Morgan fingerprint density at radius 3 is 2.60 bits per heavy atom. The summed E-state index contributed by atoms with van der Waals surface area (Å²) >= 11 is 0. The lowest BCUT2D eigenvalue weighted by Crippen LogP contribution is -2.22. The van der Waals surface area contributed by atoms with Crippen LogP contribution in [-0.2, 0) is 4.74 Å². The van der Waals surface area contributed by atoms with Crippen molar-refractivity contribution in [3.8, 4) is 0 Å². The van der Waals surface area contributed by atoms with E-state index in [0.29, 0.717) is 24.3 Å². The van der Waals surface area contributed by atoms with E-state index in [1.54, 1.807) is 0 Å². The number of nitrogens with two attached hydrogens (primary N) is 1. The van der Waals surface area contributed by atoms with Crippen molar-refractivity contribution >= 4 is 5.82 Å². The zero-order chi connectivity index (χ0) is 13.9. The summed E-state index contributed by atoms with van der Waals surface area (Å²) in [4.78, 5) is 9.25. The van der Waals surface area contributed by atoms with Gasteiger partial charge in [-0.25, -0.2) is 9.97 Å². The van der Waals surface area contributed by atoms with Crippen molar-refractivity contribution in [2.75, 3.05) is 12.3 Å². The highest BCUT2D eigenvalue weighted by Crippen LogP contribution is 2.41. The van der Waals surface area contributed by atoms with Gasteiger partial charge in [-0.1, -0.05) is 19.3 Å². The number of hydrogen-bond acceptors (Lipinski definition) is 4. The van der Waals surface area contributed by atoms with Gasteiger partial charge in [0.15, 0.2) is 5.82 Å². The number of aromatic nitrogens is 2. The molecule has 2 aliphatic rings. The molecule has 2 saturated carbocycles. The zero-order valence-electron chi connectivity index (χ0n) is 12.3. The third-order valence-corrected chi connectivity index (χ3v) is 4.46. The van der Waals surface area contributed by atoms with Crippen LogP contribution < -0.4 is 5.73 Å². The third kappa shape index (κ3) is 3.11. The van der Waals surface area contributed by atoms with Gasteiger partial charge in [0.1, 0.15) is 11.9 Å². The maximum absolute atomic E-state index is 6.00. The van der Waals surface area contributed by atoms with E-state index in [9.17, 15) is 0 Å². The van der Waals surface area contributed by atoms with E-state index in [2.05, 4.69) is 4.98 Å². The second-order valence-corrected chi connectivity index (χ2v) is 6.12. The predicted octanol–water partition coefficient (Wildman–Crippen LogP) is 3.59. The maximum Gasteiger partial charge on any atom is 0.160 e. The second-order valence-electron chi connectivity index (χ2n) is 6.12. The molecule has 1 heterocycles. The summed E-state index contributed by atoms with van der Waals surface area (Å²) in [6, 6.07) is 1.94. The molecular weight excluding hydrogens is 250 g/mol. The fourth-order valence-electron chi connectivity index (χ4n) is 3.26. The summed E-state index contributed by atoms with van der Waals surface area (Å²) in [7, 11) is 0. The van der Waals surface area contributed by atoms with E-state index in [1.807, 2.05) is 13.0 Å². The Balaban J connectivity index is 1.85. The fraction of sp³-hybridized carbons (Fsp3) is 0.750. The van der Waals surface area contributed by atoms with Crippen LogP contribution in [0.3, 0.4) is 0 Å². The molecule has 0 aliphatic heterocycles. The largest absolute Gasteiger partial charge is 0.384 e. The minimum absolute atomic E-state index is 0.0290. The van der Waals surface area contributed by atoms with Gasteiger partial charge in [0.25, 0.3) is 0 Å². The van der Waals surface area contributed by atoms with E-state index in [1.165, 1.54) is 44.9 Å². The number of nitrogens with zero attached hydrogens (tertiary/aromatic N) is 2. The normalized spacial score (nSPS) is 21.9. The summed E-state index contributed by atoms with van der Waals surface area (Å²) in [5.41, 5.74) is 7.10. The van der Waals surface area contributed by atoms with Gasteiger partial charge in [0.2, 0.25) is 0 Å². The van der Waals surface area contributed by atoms with Crippen LogP contribution in [0.25, 0.3) is 0 Å². The van der Waals surface area contributed by atoms with Crippen molar-refractivity contribution in [2.45, 2.75) is 63.9 Å². The van der Waals surface area contributed by atoms with Gasteiger partial charge in [-0.05, 0) is 38.5 Å². The molecule has 2 fully saturated rings. The molecule has 1 aromatic rings. The molecule has 0 amide bonds. The Hall–Kier alpha value is -1.16. The zero-order valence-corrected chi connectivity index (χ0v) is 12.3. The lowest BCUT2D eigenvalue weighted by atomic mass is 9.85. The number of rotatable bonds is 5. The maximum atomic E-state index is 6.00. The quantitative estimate of drug-likeness (QED) is 0.892. The first-order valence-electron chi connectivity index (χ1n) is 8.04. The van der Waals surface area contributed by atoms with Crippen molar-refractivity contribution < 1.29 is 4.74 Å². The summed E-state index contributed by atoms with van der Waals surface area (Å²) in [6.45, 7) is 2.75. The van der Waals surface area contributed by atoms with Gasteiger partial charge in [-0.15, -0.1) is 0 Å². The Bertz CT molecular complexity index is 453. The van der Waals surface area contributed by atoms with Gasteiger partial charge in [0, 0.05) is 24.3 Å². The lowest BCUT2D eigenvalue weighted by molar-refractivity contribution is -0.000221. The Morgan fingerprint density at radius 2 is 1.95 bits per heavy atom. The number of ether oxygens (including phenoxy) is 1. The minimum atomic E-state index is 0.0290. The highest BCUT2D eigenvalue weighted by molar-refractivity contribution is 5.33. The first-order chi connectivity index (χ1) is 9.78. The average Bonchev–Trinajstić information content (AvgIpc) is 3.29. The van der Waals surface area contributed by atoms with E-state index < -0.39 is 0 Å². The van der Waals surface area contributed by atoms with Crippen LogP contribution in [0.2, 0.25) is 0 Å². The number of hydrogen-bond donors (Lipinski definition) is 1. The summed E-state index contributed by atoms with van der Waals surface area (Å²) in [5.74, 6) is 2.57. The van der Waals surface area contributed by atoms with E-state index in [-0.39, 0.29) is 6.10 Å². The Labute approximate surface area is 121 Å². The number of anilines is 1. The van der Waals surface area contributed by atoms with Gasteiger partial charge >= 0.3 is 0 Å². The monoisotopic (exact) mass is 275 g/mol. The van der Waals surface area contributed by atoms with Crippen molar-refractivity contribution in [1.29, 1.82) is 0 Å². The third-order valence-electron chi connectivity index (χ3n) is 4.46. The SMILES string of the molecule is CCOC(c1nc(N)cc(C2CC2)n1)C1CCCCC1. The Morgan fingerprint density at radius 1 is 1.20 bits per heavy atom. The first-order valence-corrected chi connectivity index (χ1v) is 8.04. The van der Waals surface area contributed by atoms with Crippen LogP contribution in [0, 0.1) is 5.92 Å². The van der Waals surface area contributed by atoms with Crippen LogP contribution in [0.4, 0.5) is 5.82 Å². The van der Waals surface area contributed by atoms with Crippen molar-refractivity contribution in [3.63, 3.8) is 0 Å². The molecule has 3 rings (SSSR count). The molecule has 0 radical (unpaired) electrons. The molecule has 2 aliphatic carbocycles. The predicted molar refractivity (Wildman–Crippen MR) is 79.4 cm³/mol. The van der Waals surface area contributed by atoms with Crippen LogP contribution in [-0.4, -0.2) is 16.6 Å². The molecule has 4 nitrogen and oxygen atoms in total. The smallest absolute Gasteiger partial charge is 0.160 e. The summed E-state index contributed by atoms with van der Waals surface area (Å²) in [6.07, 6.45) is 8.89. The van der Waals surface area contributed by atoms with Gasteiger partial charge in [0.05, 0.1) is 0 Å². The first kappa shape index (κ1) is 13.8. The molecule has 1 unspecified atom stereocenters. The van der Waals surface area contributed by atoms with Crippen LogP contribution in [0.15, 0.2) is 6.07 Å². The molecule has 0 bridgehead atoms. The fourth-order valence-corrected chi connectivity index (χ4v) is 3.26. The Kier molecular flexibility index (Phi) is 4.20. The molecule has 1 atom stereocenters. The standard InChI is InChI=1S/C16H25N3O/c1-2-20-15(12-6-4-3-5-7-12)16-18-13(11-8-9-11)10-14(17)19-16/h10-12,15H,2-9H2,1H3,(H2,17,18,19). The van der Waals surface area contributed by atoms with Crippen molar-refractivity contribution in [3.05, 3.63) is 17.6 Å². The molecule has 0 spiro atoms. The van der Waals surface area contributed by atoms with Gasteiger partial charge < -0.3 is 10.5 Å². The van der Waals surface area contributed by atoms with Gasteiger partial charge in [-0.3, -0.25) is 0 Å². The molecular formula is C16H25N3O. The average molecular weight is 275 g/mol. The van der Waals surface area contributed by atoms with E-state index >= 15 is 0 Å². The molecule has 2 N–H and O–H groups in total. The van der Waals surface area contributed by atoms with Crippen molar-refractivity contribution in [2.24, 2.45) is 5.92 Å². The van der Waals surface area contributed by atoms with Crippen LogP contribution in [0.1, 0.15) is 75.4 Å². The second kappa shape index (κ2) is 6.08. The van der Waals surface area contributed by atoms with Crippen LogP contribution in [0.5, 0.6) is 0 Å². The summed E-state index contributed by atoms with van der Waals surface area (Å²) in [5, 5.41) is 0. The molecule has 0 aromatic carbocycles. The van der Waals surface area contributed by atoms with Gasteiger partial charge in [-0.2, -0.15) is 0 Å². The lowest BCUT2D eigenvalue weighted by Gasteiger charge is -2.29. The topological polar surface area (TPSA) is 61.0 Å². The molecule has 0 saturated heterocycles. The summed E-state index contributed by atoms with van der Waals surface area (Å²) < 4.78 is 6.00. The van der Waals surface area contributed by atoms with Crippen molar-refractivity contribution in [1.82, 2.24) is 9.97 Å². The van der Waals surface area contributed by atoms with E-state index in [4.69, 9.17) is 15.5 Å². The molecule has 1 aromatic heterocycles. The van der Waals surface area contributed by atoms with E-state index in [0.717, 1.165) is 11.5 Å².